The molecule has 2 amide bonds. The summed E-state index contributed by atoms with van der Waals surface area (Å²) in [5, 5.41) is 12.8. The number of carbonyl (C=O) groups excluding carboxylic acids is 2. The van der Waals surface area contributed by atoms with Crippen LogP contribution in [0.4, 0.5) is 29.3 Å². The molecule has 2 aromatic rings. The second kappa shape index (κ2) is 8.21. The summed E-state index contributed by atoms with van der Waals surface area (Å²) >= 11 is 3.19. The number of alkyl halides is 3. The minimum Gasteiger partial charge on any atom is -0.465 e. The summed E-state index contributed by atoms with van der Waals surface area (Å²) in [6, 6.07) is 8.41. The molecule has 0 aliphatic heterocycles. The molecule has 2 aromatic carbocycles. The molecule has 142 valence electrons. The van der Waals surface area contributed by atoms with Crippen LogP contribution in [0.1, 0.15) is 22.3 Å². The lowest BCUT2D eigenvalue weighted by molar-refractivity contribution is -0.137. The summed E-state index contributed by atoms with van der Waals surface area (Å²) < 4.78 is 39.2. The van der Waals surface area contributed by atoms with Crippen LogP contribution < -0.4 is 10.6 Å². The van der Waals surface area contributed by atoms with Gasteiger partial charge in [0, 0.05) is 10.0 Å². The van der Waals surface area contributed by atoms with E-state index in [2.05, 4.69) is 21.2 Å². The molecule has 0 unspecified atom stereocenters. The van der Waals surface area contributed by atoms with E-state index in [4.69, 9.17) is 5.11 Å². The maximum Gasteiger partial charge on any atom is 0.416 e. The summed E-state index contributed by atoms with van der Waals surface area (Å²) in [6.45, 7) is 0. The Morgan fingerprint density at radius 1 is 1.00 bits per heavy atom. The monoisotopic (exact) mass is 444 g/mol. The number of nitrogens with one attached hydrogen (secondary N) is 2. The molecule has 0 radical (unpaired) electrons. The van der Waals surface area contributed by atoms with Crippen LogP contribution >= 0.6 is 15.9 Å². The number of ketones is 1. The number of Topliss-reactive ketones (excluding diaryl/α,β-unsaturated/α-hetero) is 1. The molecule has 3 N–H and O–H groups in total. The molecule has 0 spiro atoms. The van der Waals surface area contributed by atoms with Crippen LogP contribution in [0.3, 0.4) is 0 Å². The Kier molecular flexibility index (Phi) is 6.21. The summed E-state index contributed by atoms with van der Waals surface area (Å²) in [4.78, 5) is 35.0. The lowest BCUT2D eigenvalue weighted by Gasteiger charge is -2.14. The first-order valence-corrected chi connectivity index (χ1v) is 8.15. The number of benzene rings is 2. The van der Waals surface area contributed by atoms with Crippen molar-refractivity contribution in [2.24, 2.45) is 0 Å². The fourth-order valence-corrected chi connectivity index (χ4v) is 2.55. The van der Waals surface area contributed by atoms with Crippen molar-refractivity contribution in [3.05, 3.63) is 58.1 Å². The first kappa shape index (κ1) is 20.4. The maximum atomic E-state index is 12.9. The highest BCUT2D eigenvalue weighted by molar-refractivity contribution is 9.10. The number of hydrogen-bond acceptors (Lipinski definition) is 3. The van der Waals surface area contributed by atoms with Crippen LogP contribution in [0.2, 0.25) is 0 Å². The van der Waals surface area contributed by atoms with Gasteiger partial charge in [-0.1, -0.05) is 28.1 Å². The van der Waals surface area contributed by atoms with Crippen molar-refractivity contribution in [1.82, 2.24) is 0 Å². The Bertz CT molecular complexity index is 900. The summed E-state index contributed by atoms with van der Waals surface area (Å²) in [5.74, 6) is -1.43. The van der Waals surface area contributed by atoms with Gasteiger partial charge in [0.2, 0.25) is 5.91 Å². The maximum absolute atomic E-state index is 12.9. The Morgan fingerprint density at radius 2 is 1.70 bits per heavy atom. The predicted octanol–water partition coefficient (Wildman–Crippen LogP) is 4.77. The average Bonchev–Trinajstić information content (AvgIpc) is 2.55. The number of hydrogen-bond donors (Lipinski definition) is 3. The van der Waals surface area contributed by atoms with Crippen molar-refractivity contribution in [3.8, 4) is 0 Å². The van der Waals surface area contributed by atoms with Crippen LogP contribution in [0.25, 0.3) is 0 Å². The molecule has 0 fully saturated rings. The molecule has 0 bridgehead atoms. The van der Waals surface area contributed by atoms with Gasteiger partial charge >= 0.3 is 12.3 Å². The molecule has 2 rings (SSSR count). The van der Waals surface area contributed by atoms with E-state index >= 15 is 0 Å². The van der Waals surface area contributed by atoms with E-state index < -0.39 is 41.6 Å². The zero-order valence-electron chi connectivity index (χ0n) is 13.4. The Balaban J connectivity index is 2.21. The smallest absolute Gasteiger partial charge is 0.416 e. The summed E-state index contributed by atoms with van der Waals surface area (Å²) in [5.41, 5.74) is -1.49. The highest BCUT2D eigenvalue weighted by Gasteiger charge is 2.31. The average molecular weight is 445 g/mol. The van der Waals surface area contributed by atoms with Gasteiger partial charge in [-0.2, -0.15) is 13.2 Å². The van der Waals surface area contributed by atoms with Crippen LogP contribution in [0, 0.1) is 0 Å². The zero-order valence-corrected chi connectivity index (χ0v) is 15.0. The Morgan fingerprint density at radius 3 is 2.30 bits per heavy atom. The lowest BCUT2D eigenvalue weighted by Crippen LogP contribution is -2.19. The number of carbonyl (C=O) groups is 3. The fraction of sp³-hybridized carbons (Fsp3) is 0.118. The SMILES string of the molecule is O=C(O)Nc1ccc(C(F)(F)F)cc1NC(=O)CC(=O)c1cccc(Br)c1. The normalized spacial score (nSPS) is 11.0. The Hall–Kier alpha value is -2.88. The minimum absolute atomic E-state index is 0.243. The van der Waals surface area contributed by atoms with Gasteiger partial charge in [0.1, 0.15) is 0 Å². The quantitative estimate of drug-likeness (QED) is 0.457. The van der Waals surface area contributed by atoms with Gasteiger partial charge in [0.15, 0.2) is 5.78 Å². The van der Waals surface area contributed by atoms with Crippen LogP contribution in [-0.4, -0.2) is 22.9 Å². The third-order valence-electron chi connectivity index (χ3n) is 3.33. The van der Waals surface area contributed by atoms with Crippen molar-refractivity contribution in [2.75, 3.05) is 10.6 Å². The number of rotatable bonds is 5. The van der Waals surface area contributed by atoms with Crippen LogP contribution in [-0.2, 0) is 11.0 Å². The zero-order chi connectivity index (χ0) is 20.2. The molecule has 10 heteroatoms. The van der Waals surface area contributed by atoms with Gasteiger partial charge in [0.05, 0.1) is 23.4 Å². The van der Waals surface area contributed by atoms with Gasteiger partial charge in [-0.25, -0.2) is 4.79 Å². The summed E-state index contributed by atoms with van der Waals surface area (Å²) in [7, 11) is 0. The van der Waals surface area contributed by atoms with Gasteiger partial charge in [-0.15, -0.1) is 0 Å². The molecule has 0 atom stereocenters. The molecule has 0 aliphatic rings. The Labute approximate surface area is 159 Å². The molecule has 0 saturated heterocycles. The third-order valence-corrected chi connectivity index (χ3v) is 3.82. The standard InChI is InChI=1S/C17H12BrF3N2O4/c18-11-3-1-2-9(6-11)14(24)8-15(25)22-13-7-10(17(19,20)21)4-5-12(13)23-16(26)27/h1-7,23H,8H2,(H,22,25)(H,26,27). The number of carboxylic acid groups (broad SMARTS) is 1. The second-order valence-electron chi connectivity index (χ2n) is 5.35. The first-order valence-electron chi connectivity index (χ1n) is 7.36. The van der Waals surface area contributed by atoms with Crippen molar-refractivity contribution in [3.63, 3.8) is 0 Å². The van der Waals surface area contributed by atoms with E-state index in [1.54, 1.807) is 12.1 Å². The second-order valence-corrected chi connectivity index (χ2v) is 6.26. The molecular formula is C17H12BrF3N2O4. The minimum atomic E-state index is -4.69. The largest absolute Gasteiger partial charge is 0.465 e. The van der Waals surface area contributed by atoms with E-state index in [1.165, 1.54) is 12.1 Å². The molecule has 0 heterocycles. The number of halogens is 4. The van der Waals surface area contributed by atoms with E-state index in [9.17, 15) is 27.6 Å². The topological polar surface area (TPSA) is 95.5 Å². The first-order chi connectivity index (χ1) is 12.6. The predicted molar refractivity (Wildman–Crippen MR) is 94.8 cm³/mol. The molecule has 27 heavy (non-hydrogen) atoms. The van der Waals surface area contributed by atoms with Crippen LogP contribution in [0.5, 0.6) is 0 Å². The molecule has 0 aromatic heterocycles. The highest BCUT2D eigenvalue weighted by Crippen LogP contribution is 2.34. The number of amides is 2. The molecule has 6 nitrogen and oxygen atoms in total. The highest BCUT2D eigenvalue weighted by atomic mass is 79.9. The van der Waals surface area contributed by atoms with E-state index in [0.29, 0.717) is 16.6 Å². The van der Waals surface area contributed by atoms with Crippen molar-refractivity contribution in [2.45, 2.75) is 12.6 Å². The lowest BCUT2D eigenvalue weighted by atomic mass is 10.1. The van der Waals surface area contributed by atoms with Crippen molar-refractivity contribution < 1.29 is 32.7 Å². The molecule has 0 saturated carbocycles. The van der Waals surface area contributed by atoms with Gasteiger partial charge in [-0.3, -0.25) is 14.9 Å². The molecule has 0 aliphatic carbocycles. The number of anilines is 2. The van der Waals surface area contributed by atoms with Crippen molar-refractivity contribution in [1.29, 1.82) is 0 Å². The third kappa shape index (κ3) is 5.81. The van der Waals surface area contributed by atoms with E-state index in [1.807, 2.05) is 5.32 Å². The fourth-order valence-electron chi connectivity index (χ4n) is 2.15. The van der Waals surface area contributed by atoms with E-state index in [0.717, 1.165) is 6.07 Å². The van der Waals surface area contributed by atoms with Gasteiger partial charge in [0.25, 0.3) is 0 Å². The summed E-state index contributed by atoms with van der Waals surface area (Å²) in [6.07, 6.45) is -6.83. The van der Waals surface area contributed by atoms with Gasteiger partial charge < -0.3 is 10.4 Å². The van der Waals surface area contributed by atoms with Gasteiger partial charge in [-0.05, 0) is 30.3 Å². The molecular weight excluding hydrogens is 433 g/mol. The van der Waals surface area contributed by atoms with Crippen molar-refractivity contribution >= 4 is 45.1 Å². The van der Waals surface area contributed by atoms with Crippen LogP contribution in [0.15, 0.2) is 46.9 Å². The van der Waals surface area contributed by atoms with E-state index in [-0.39, 0.29) is 11.3 Å².